The number of anilines is 1. The molecule has 0 spiro atoms. The second kappa shape index (κ2) is 5.12. The molecule has 0 aliphatic rings. The van der Waals surface area contributed by atoms with Gasteiger partial charge in [0, 0.05) is 5.56 Å². The van der Waals surface area contributed by atoms with Gasteiger partial charge in [0.1, 0.15) is 11.5 Å². The molecule has 1 aromatic carbocycles. The fourth-order valence-electron chi connectivity index (χ4n) is 1.83. The van der Waals surface area contributed by atoms with Gasteiger partial charge in [-0.25, -0.2) is 4.98 Å². The summed E-state index contributed by atoms with van der Waals surface area (Å²) in [6, 6.07) is 8.28. The monoisotopic (exact) mass is 242 g/mol. The Morgan fingerprint density at radius 3 is 2.39 bits per heavy atom. The van der Waals surface area contributed by atoms with Crippen LogP contribution in [-0.2, 0) is 0 Å². The standard InChI is InChI=1S/C14H18N4/c1-4-9(2)11-5-7-12(8-6-11)13-14(15)16-10(3)17-18-13/h5-9H,4H2,1-3H3,(H2,15,16,17). The molecule has 0 saturated heterocycles. The van der Waals surface area contributed by atoms with Crippen LogP contribution in [0.4, 0.5) is 5.82 Å². The van der Waals surface area contributed by atoms with Crippen molar-refractivity contribution in [2.75, 3.05) is 5.73 Å². The molecule has 2 rings (SSSR count). The lowest BCUT2D eigenvalue weighted by Crippen LogP contribution is -2.02. The van der Waals surface area contributed by atoms with E-state index in [2.05, 4.69) is 41.2 Å². The minimum Gasteiger partial charge on any atom is -0.382 e. The molecule has 94 valence electrons. The number of rotatable bonds is 3. The Kier molecular flexibility index (Phi) is 3.55. The van der Waals surface area contributed by atoms with Gasteiger partial charge < -0.3 is 5.73 Å². The van der Waals surface area contributed by atoms with Crippen LogP contribution < -0.4 is 5.73 Å². The topological polar surface area (TPSA) is 64.7 Å². The van der Waals surface area contributed by atoms with Gasteiger partial charge in [-0.2, -0.15) is 0 Å². The second-order valence-electron chi connectivity index (χ2n) is 4.52. The lowest BCUT2D eigenvalue weighted by molar-refractivity contribution is 0.734. The Morgan fingerprint density at radius 2 is 1.83 bits per heavy atom. The van der Waals surface area contributed by atoms with Crippen molar-refractivity contribution in [2.24, 2.45) is 0 Å². The van der Waals surface area contributed by atoms with Crippen LogP contribution in [0.5, 0.6) is 0 Å². The van der Waals surface area contributed by atoms with Gasteiger partial charge in [0.25, 0.3) is 0 Å². The molecule has 0 bridgehead atoms. The molecule has 0 aliphatic carbocycles. The van der Waals surface area contributed by atoms with Gasteiger partial charge in [0.05, 0.1) is 0 Å². The third-order valence-corrected chi connectivity index (χ3v) is 3.19. The zero-order chi connectivity index (χ0) is 13.1. The van der Waals surface area contributed by atoms with Crippen LogP contribution >= 0.6 is 0 Å². The predicted octanol–water partition coefficient (Wildman–Crippen LogP) is 2.94. The van der Waals surface area contributed by atoms with Crippen LogP contribution in [0.1, 0.15) is 37.6 Å². The summed E-state index contributed by atoms with van der Waals surface area (Å²) in [6.07, 6.45) is 1.13. The van der Waals surface area contributed by atoms with Gasteiger partial charge in [-0.15, -0.1) is 10.2 Å². The quantitative estimate of drug-likeness (QED) is 0.898. The van der Waals surface area contributed by atoms with Crippen LogP contribution in [0.15, 0.2) is 24.3 Å². The molecule has 0 radical (unpaired) electrons. The fourth-order valence-corrected chi connectivity index (χ4v) is 1.83. The smallest absolute Gasteiger partial charge is 0.154 e. The van der Waals surface area contributed by atoms with Crippen molar-refractivity contribution in [1.29, 1.82) is 0 Å². The maximum absolute atomic E-state index is 5.86. The summed E-state index contributed by atoms with van der Waals surface area (Å²) >= 11 is 0. The van der Waals surface area contributed by atoms with Crippen molar-refractivity contribution >= 4 is 5.82 Å². The van der Waals surface area contributed by atoms with Gasteiger partial charge in [-0.05, 0) is 24.8 Å². The van der Waals surface area contributed by atoms with E-state index in [-0.39, 0.29) is 0 Å². The van der Waals surface area contributed by atoms with E-state index in [1.54, 1.807) is 6.92 Å². The molecule has 4 heteroatoms. The molecule has 0 aliphatic heterocycles. The van der Waals surface area contributed by atoms with Gasteiger partial charge in [0.15, 0.2) is 5.82 Å². The van der Waals surface area contributed by atoms with Gasteiger partial charge in [-0.1, -0.05) is 38.1 Å². The Balaban J connectivity index is 2.34. The maximum atomic E-state index is 5.86. The highest BCUT2D eigenvalue weighted by atomic mass is 15.2. The molecular formula is C14H18N4. The molecule has 1 atom stereocenters. The normalized spacial score (nSPS) is 12.4. The van der Waals surface area contributed by atoms with E-state index in [0.717, 1.165) is 12.0 Å². The SMILES string of the molecule is CCC(C)c1ccc(-c2nnc(C)nc2N)cc1. The van der Waals surface area contributed by atoms with Crippen molar-refractivity contribution in [3.05, 3.63) is 35.7 Å². The highest BCUT2D eigenvalue weighted by molar-refractivity contribution is 5.69. The van der Waals surface area contributed by atoms with Crippen LogP contribution in [0, 0.1) is 6.92 Å². The number of aryl methyl sites for hydroxylation is 1. The molecule has 0 fully saturated rings. The highest BCUT2D eigenvalue weighted by Crippen LogP contribution is 2.25. The number of hydrogen-bond donors (Lipinski definition) is 1. The summed E-state index contributed by atoms with van der Waals surface area (Å²) in [4.78, 5) is 4.13. The van der Waals surface area contributed by atoms with Gasteiger partial charge in [-0.3, -0.25) is 0 Å². The summed E-state index contributed by atoms with van der Waals surface area (Å²) < 4.78 is 0. The number of nitrogen functional groups attached to an aromatic ring is 1. The number of benzene rings is 1. The number of nitrogens with two attached hydrogens (primary N) is 1. The first-order valence-electron chi connectivity index (χ1n) is 6.19. The van der Waals surface area contributed by atoms with Crippen molar-refractivity contribution in [2.45, 2.75) is 33.1 Å². The van der Waals surface area contributed by atoms with Crippen LogP contribution in [0.25, 0.3) is 11.3 Å². The molecule has 0 saturated carbocycles. The molecule has 1 heterocycles. The van der Waals surface area contributed by atoms with Crippen molar-refractivity contribution in [3.63, 3.8) is 0 Å². The highest BCUT2D eigenvalue weighted by Gasteiger charge is 2.08. The lowest BCUT2D eigenvalue weighted by atomic mass is 9.97. The maximum Gasteiger partial charge on any atom is 0.154 e. The summed E-state index contributed by atoms with van der Waals surface area (Å²) in [5.74, 6) is 1.59. The summed E-state index contributed by atoms with van der Waals surface area (Å²) in [5, 5.41) is 8.05. The minimum atomic E-state index is 0.429. The average Bonchev–Trinajstić information content (AvgIpc) is 2.38. The average molecular weight is 242 g/mol. The summed E-state index contributed by atoms with van der Waals surface area (Å²) in [7, 11) is 0. The first-order valence-corrected chi connectivity index (χ1v) is 6.19. The van der Waals surface area contributed by atoms with E-state index in [1.165, 1.54) is 5.56 Å². The van der Waals surface area contributed by atoms with Crippen LogP contribution in [0.2, 0.25) is 0 Å². The van der Waals surface area contributed by atoms with Crippen molar-refractivity contribution in [1.82, 2.24) is 15.2 Å². The number of aromatic nitrogens is 3. The molecule has 1 unspecified atom stereocenters. The summed E-state index contributed by atoms with van der Waals surface area (Å²) in [6.45, 7) is 6.18. The summed E-state index contributed by atoms with van der Waals surface area (Å²) in [5.41, 5.74) is 8.80. The minimum absolute atomic E-state index is 0.429. The number of nitrogens with zero attached hydrogens (tertiary/aromatic N) is 3. The van der Waals surface area contributed by atoms with E-state index in [1.807, 2.05) is 12.1 Å². The first kappa shape index (κ1) is 12.5. The van der Waals surface area contributed by atoms with E-state index in [9.17, 15) is 0 Å². The molecule has 0 amide bonds. The van der Waals surface area contributed by atoms with Gasteiger partial charge >= 0.3 is 0 Å². The zero-order valence-electron chi connectivity index (χ0n) is 11.0. The predicted molar refractivity (Wildman–Crippen MR) is 73.1 cm³/mol. The van der Waals surface area contributed by atoms with Crippen LogP contribution in [-0.4, -0.2) is 15.2 Å². The fraction of sp³-hybridized carbons (Fsp3) is 0.357. The largest absolute Gasteiger partial charge is 0.382 e. The lowest BCUT2D eigenvalue weighted by Gasteiger charge is -2.10. The van der Waals surface area contributed by atoms with Crippen molar-refractivity contribution < 1.29 is 0 Å². The molecule has 2 aromatic rings. The molecule has 18 heavy (non-hydrogen) atoms. The Morgan fingerprint density at radius 1 is 1.17 bits per heavy atom. The molecule has 4 nitrogen and oxygen atoms in total. The molecule has 1 aromatic heterocycles. The molecular weight excluding hydrogens is 224 g/mol. The van der Waals surface area contributed by atoms with E-state index < -0.39 is 0 Å². The van der Waals surface area contributed by atoms with E-state index >= 15 is 0 Å². The Hall–Kier alpha value is -1.97. The second-order valence-corrected chi connectivity index (χ2v) is 4.52. The zero-order valence-corrected chi connectivity index (χ0v) is 11.0. The van der Waals surface area contributed by atoms with E-state index in [0.29, 0.717) is 23.3 Å². The van der Waals surface area contributed by atoms with Crippen molar-refractivity contribution in [3.8, 4) is 11.3 Å². The third-order valence-electron chi connectivity index (χ3n) is 3.19. The molecule has 2 N–H and O–H groups in total. The Labute approximate surface area is 107 Å². The van der Waals surface area contributed by atoms with Gasteiger partial charge in [0.2, 0.25) is 0 Å². The van der Waals surface area contributed by atoms with Crippen LogP contribution in [0.3, 0.4) is 0 Å². The van der Waals surface area contributed by atoms with E-state index in [4.69, 9.17) is 5.73 Å². The Bertz CT molecular complexity index is 534. The third kappa shape index (κ3) is 2.47. The number of hydrogen-bond acceptors (Lipinski definition) is 4. The first-order chi connectivity index (χ1) is 8.61.